The van der Waals surface area contributed by atoms with Gasteiger partial charge in [-0.1, -0.05) is 6.07 Å². The molecule has 0 spiro atoms. The van der Waals surface area contributed by atoms with Crippen LogP contribution in [0, 0.1) is 0 Å². The number of alkyl halides is 1. The van der Waals surface area contributed by atoms with Crippen molar-refractivity contribution >= 4 is 46.5 Å². The molecule has 1 aromatic rings. The monoisotopic (exact) mass is 368 g/mol. The summed E-state index contributed by atoms with van der Waals surface area (Å²) < 4.78 is 10.5. The highest BCUT2D eigenvalue weighted by molar-refractivity contribution is 8.18. The number of carbonyl (C=O) groups excluding carboxylic acids is 3. The van der Waals surface area contributed by atoms with E-state index in [4.69, 9.17) is 21.1 Å². The van der Waals surface area contributed by atoms with Gasteiger partial charge in [0, 0.05) is 13.1 Å². The molecule has 0 saturated carbocycles. The van der Waals surface area contributed by atoms with E-state index in [1.54, 1.807) is 24.3 Å². The highest BCUT2D eigenvalue weighted by Crippen LogP contribution is 2.36. The van der Waals surface area contributed by atoms with Gasteiger partial charge in [0.1, 0.15) is 5.88 Å². The Balaban J connectivity index is 1.68. The topological polar surface area (TPSA) is 84.9 Å². The van der Waals surface area contributed by atoms with Gasteiger partial charge in [0.15, 0.2) is 11.5 Å². The molecule has 1 saturated heterocycles. The number of thioether (sulfide) groups is 1. The summed E-state index contributed by atoms with van der Waals surface area (Å²) in [5, 5.41) is 2.15. The molecule has 3 rings (SSSR count). The molecule has 24 heavy (non-hydrogen) atoms. The molecule has 7 nitrogen and oxygen atoms in total. The van der Waals surface area contributed by atoms with Crippen LogP contribution < -0.4 is 14.8 Å². The van der Waals surface area contributed by atoms with E-state index in [1.807, 2.05) is 0 Å². The molecule has 1 N–H and O–H groups in total. The van der Waals surface area contributed by atoms with Gasteiger partial charge in [-0.05, 0) is 35.5 Å². The van der Waals surface area contributed by atoms with E-state index in [0.717, 1.165) is 22.2 Å². The van der Waals surface area contributed by atoms with E-state index in [1.165, 1.54) is 0 Å². The molecule has 0 unspecified atom stereocenters. The number of benzene rings is 1. The van der Waals surface area contributed by atoms with Gasteiger partial charge in [-0.25, -0.2) is 0 Å². The van der Waals surface area contributed by atoms with Crippen LogP contribution >= 0.6 is 23.4 Å². The lowest BCUT2D eigenvalue weighted by molar-refractivity contribution is -0.123. The summed E-state index contributed by atoms with van der Waals surface area (Å²) >= 11 is 6.23. The molecule has 1 aromatic carbocycles. The van der Waals surface area contributed by atoms with E-state index in [2.05, 4.69) is 5.32 Å². The fourth-order valence-corrected chi connectivity index (χ4v) is 3.16. The van der Waals surface area contributed by atoms with Crippen molar-refractivity contribution < 1.29 is 23.9 Å². The number of hydrogen-bond acceptors (Lipinski definition) is 6. The summed E-state index contributed by atoms with van der Waals surface area (Å²) in [6, 6.07) is 5.28. The van der Waals surface area contributed by atoms with Gasteiger partial charge in [0.2, 0.25) is 12.7 Å². The van der Waals surface area contributed by atoms with Crippen LogP contribution in [0.15, 0.2) is 23.1 Å². The van der Waals surface area contributed by atoms with Crippen LogP contribution in [-0.2, 0) is 9.59 Å². The number of nitrogens with zero attached hydrogens (tertiary/aromatic N) is 1. The third-order valence-corrected chi connectivity index (χ3v) is 4.50. The molecule has 0 aromatic heterocycles. The molecule has 1 fully saturated rings. The minimum Gasteiger partial charge on any atom is -0.454 e. The molecule has 0 aliphatic carbocycles. The number of halogens is 1. The molecular weight excluding hydrogens is 356 g/mol. The van der Waals surface area contributed by atoms with Crippen LogP contribution in [0.25, 0.3) is 6.08 Å². The lowest BCUT2D eigenvalue weighted by atomic mass is 10.2. The second kappa shape index (κ2) is 7.14. The first-order valence-electron chi connectivity index (χ1n) is 7.06. The van der Waals surface area contributed by atoms with Crippen LogP contribution in [-0.4, -0.2) is 47.7 Å². The minimum absolute atomic E-state index is 0.103. The lowest BCUT2D eigenvalue weighted by Crippen LogP contribution is -2.37. The number of imide groups is 1. The largest absolute Gasteiger partial charge is 0.454 e. The Morgan fingerprint density at radius 1 is 1.33 bits per heavy atom. The Labute approximate surface area is 146 Å². The first-order chi connectivity index (χ1) is 11.6. The van der Waals surface area contributed by atoms with E-state index in [-0.39, 0.29) is 42.8 Å². The van der Waals surface area contributed by atoms with E-state index >= 15 is 0 Å². The van der Waals surface area contributed by atoms with Crippen LogP contribution in [0.2, 0.25) is 0 Å². The predicted octanol–water partition coefficient (Wildman–Crippen LogP) is 1.81. The molecule has 126 valence electrons. The number of carbonyl (C=O) groups is 3. The maximum atomic E-state index is 12.3. The summed E-state index contributed by atoms with van der Waals surface area (Å²) in [6.07, 6.45) is 1.63. The highest BCUT2D eigenvalue weighted by Gasteiger charge is 2.34. The molecule has 2 aliphatic rings. The third kappa shape index (κ3) is 3.49. The maximum Gasteiger partial charge on any atom is 0.293 e. The summed E-state index contributed by atoms with van der Waals surface area (Å²) in [5.41, 5.74) is 0.736. The van der Waals surface area contributed by atoms with Crippen LogP contribution in [0.4, 0.5) is 4.79 Å². The zero-order valence-corrected chi connectivity index (χ0v) is 14.0. The van der Waals surface area contributed by atoms with Crippen molar-refractivity contribution in [1.82, 2.24) is 10.2 Å². The second-order valence-corrected chi connectivity index (χ2v) is 6.19. The quantitative estimate of drug-likeness (QED) is 0.630. The molecule has 2 aliphatic heterocycles. The van der Waals surface area contributed by atoms with Crippen molar-refractivity contribution in [2.75, 3.05) is 25.8 Å². The summed E-state index contributed by atoms with van der Waals surface area (Å²) in [6.45, 7) is 0.440. The first-order valence-corrected chi connectivity index (χ1v) is 8.41. The van der Waals surface area contributed by atoms with Gasteiger partial charge in [-0.15, -0.1) is 11.6 Å². The van der Waals surface area contributed by atoms with E-state index in [0.29, 0.717) is 16.4 Å². The third-order valence-electron chi connectivity index (χ3n) is 3.35. The van der Waals surface area contributed by atoms with Crippen molar-refractivity contribution in [3.63, 3.8) is 0 Å². The van der Waals surface area contributed by atoms with E-state index < -0.39 is 0 Å². The maximum absolute atomic E-state index is 12.3. The fourth-order valence-electron chi connectivity index (χ4n) is 2.20. The zero-order valence-electron chi connectivity index (χ0n) is 12.4. The predicted molar refractivity (Wildman–Crippen MR) is 89.0 cm³/mol. The SMILES string of the molecule is O=C(CCl)NCCN1C(=O)SC(=Cc2ccc3c(c2)OCO3)C1=O. The van der Waals surface area contributed by atoms with Crippen molar-refractivity contribution in [3.8, 4) is 11.5 Å². The number of ether oxygens (including phenoxy) is 2. The van der Waals surface area contributed by atoms with Crippen molar-refractivity contribution in [1.29, 1.82) is 0 Å². The van der Waals surface area contributed by atoms with Gasteiger partial charge in [0.25, 0.3) is 11.1 Å². The van der Waals surface area contributed by atoms with Gasteiger partial charge >= 0.3 is 0 Å². The Morgan fingerprint density at radius 3 is 2.92 bits per heavy atom. The van der Waals surface area contributed by atoms with Crippen molar-refractivity contribution in [3.05, 3.63) is 28.7 Å². The van der Waals surface area contributed by atoms with E-state index in [9.17, 15) is 14.4 Å². The molecular formula is C15H13ClN2O5S. The molecule has 0 bridgehead atoms. The fraction of sp³-hybridized carbons (Fsp3) is 0.267. The lowest BCUT2D eigenvalue weighted by Gasteiger charge is -2.12. The van der Waals surface area contributed by atoms with Gasteiger partial charge in [-0.3, -0.25) is 19.3 Å². The zero-order chi connectivity index (χ0) is 17.1. The Morgan fingerprint density at radius 2 is 2.12 bits per heavy atom. The number of nitrogens with one attached hydrogen (secondary N) is 1. The summed E-state index contributed by atoms with van der Waals surface area (Å²) in [4.78, 5) is 36.8. The second-order valence-electron chi connectivity index (χ2n) is 4.93. The smallest absolute Gasteiger partial charge is 0.293 e. The average molecular weight is 369 g/mol. The minimum atomic E-state index is -0.386. The van der Waals surface area contributed by atoms with Gasteiger partial charge in [-0.2, -0.15) is 0 Å². The first kappa shape index (κ1) is 16.7. The van der Waals surface area contributed by atoms with Crippen LogP contribution in [0.1, 0.15) is 5.56 Å². The van der Waals surface area contributed by atoms with Crippen LogP contribution in [0.3, 0.4) is 0 Å². The molecule has 0 atom stereocenters. The van der Waals surface area contributed by atoms with Gasteiger partial charge < -0.3 is 14.8 Å². The Kier molecular flexibility index (Phi) is 4.96. The van der Waals surface area contributed by atoms with Crippen LogP contribution in [0.5, 0.6) is 11.5 Å². The molecule has 0 radical (unpaired) electrons. The Hall–Kier alpha value is -2.19. The highest BCUT2D eigenvalue weighted by atomic mass is 35.5. The van der Waals surface area contributed by atoms with Gasteiger partial charge in [0.05, 0.1) is 4.91 Å². The summed E-state index contributed by atoms with van der Waals surface area (Å²) in [7, 11) is 0. The number of rotatable bonds is 5. The normalized spacial score (nSPS) is 17.7. The number of fused-ring (bicyclic) bond motifs is 1. The molecule has 2 heterocycles. The summed E-state index contributed by atoms with van der Waals surface area (Å²) in [5.74, 6) is 0.357. The van der Waals surface area contributed by atoms with Crippen molar-refractivity contribution in [2.45, 2.75) is 0 Å². The number of hydrogen-bond donors (Lipinski definition) is 1. The Bertz CT molecular complexity index is 737. The number of amides is 3. The molecule has 3 amide bonds. The standard InChI is InChI=1S/C15H13ClN2O5S/c16-7-13(19)17-3-4-18-14(20)12(24-15(18)21)6-9-1-2-10-11(5-9)23-8-22-10/h1-2,5-6H,3-4,7-8H2,(H,17,19). The average Bonchev–Trinajstić information content (AvgIpc) is 3.14. The van der Waals surface area contributed by atoms with Crippen molar-refractivity contribution in [2.24, 2.45) is 0 Å². The molecule has 9 heteroatoms.